The van der Waals surface area contributed by atoms with Gasteiger partial charge in [0.1, 0.15) is 0 Å². The first-order chi connectivity index (χ1) is 8.13. The van der Waals surface area contributed by atoms with Crippen LogP contribution in [0.4, 0.5) is 0 Å². The fourth-order valence-electron chi connectivity index (χ4n) is 1.58. The molecule has 0 fully saturated rings. The predicted molar refractivity (Wildman–Crippen MR) is 78.1 cm³/mol. The second kappa shape index (κ2) is 7.64. The van der Waals surface area contributed by atoms with E-state index in [1.165, 1.54) is 5.56 Å². The summed E-state index contributed by atoms with van der Waals surface area (Å²) in [6, 6.07) is 9.00. The van der Waals surface area contributed by atoms with Crippen molar-refractivity contribution in [1.29, 1.82) is 0 Å². The Hall–Kier alpha value is -0.640. The summed E-state index contributed by atoms with van der Waals surface area (Å²) in [5.41, 5.74) is 1.34. The van der Waals surface area contributed by atoms with E-state index in [9.17, 15) is 0 Å². The Balaban J connectivity index is 2.39. The minimum Gasteiger partial charge on any atom is -0.312 e. The van der Waals surface area contributed by atoms with E-state index in [2.05, 4.69) is 71.0 Å². The van der Waals surface area contributed by atoms with Crippen LogP contribution in [0.25, 0.3) is 0 Å². The first-order valence-electron chi connectivity index (χ1n) is 5.89. The number of rotatable bonds is 7. The lowest BCUT2D eigenvalue weighted by Crippen LogP contribution is -2.37. The molecule has 0 aliphatic heterocycles. The van der Waals surface area contributed by atoms with Crippen molar-refractivity contribution in [1.82, 2.24) is 10.2 Å². The van der Waals surface area contributed by atoms with Gasteiger partial charge in [0.15, 0.2) is 0 Å². The maximum Gasteiger partial charge on any atom is 0.0234 e. The molecular formula is C14H21BrN2. The Morgan fingerprint density at radius 3 is 2.65 bits per heavy atom. The topological polar surface area (TPSA) is 15.3 Å². The molecule has 0 aliphatic carbocycles. The molecule has 94 valence electrons. The van der Waals surface area contributed by atoms with Gasteiger partial charge in [-0.15, -0.1) is 6.58 Å². The number of nitrogens with zero attached hydrogens (tertiary/aromatic N) is 1. The van der Waals surface area contributed by atoms with Gasteiger partial charge in [-0.25, -0.2) is 0 Å². The van der Waals surface area contributed by atoms with Crippen LogP contribution in [-0.2, 0) is 6.54 Å². The van der Waals surface area contributed by atoms with Gasteiger partial charge in [-0.1, -0.05) is 34.1 Å². The summed E-state index contributed by atoms with van der Waals surface area (Å²) >= 11 is 3.45. The highest BCUT2D eigenvalue weighted by Gasteiger charge is 2.08. The lowest BCUT2D eigenvalue weighted by atomic mass is 10.2. The number of halogens is 1. The van der Waals surface area contributed by atoms with Crippen molar-refractivity contribution in [2.45, 2.75) is 19.5 Å². The van der Waals surface area contributed by atoms with Gasteiger partial charge in [0, 0.05) is 30.1 Å². The van der Waals surface area contributed by atoms with Crippen LogP contribution < -0.4 is 5.32 Å². The van der Waals surface area contributed by atoms with E-state index >= 15 is 0 Å². The van der Waals surface area contributed by atoms with Crippen LogP contribution in [0.5, 0.6) is 0 Å². The first-order valence-corrected chi connectivity index (χ1v) is 6.69. The van der Waals surface area contributed by atoms with Crippen LogP contribution in [0, 0.1) is 0 Å². The molecule has 2 nitrogen and oxygen atoms in total. The molecule has 0 bridgehead atoms. The molecule has 0 amide bonds. The van der Waals surface area contributed by atoms with Crippen molar-refractivity contribution >= 4 is 15.9 Å². The van der Waals surface area contributed by atoms with E-state index in [4.69, 9.17) is 0 Å². The minimum absolute atomic E-state index is 0.513. The predicted octanol–water partition coefficient (Wildman–Crippen LogP) is 3.05. The molecule has 3 heteroatoms. The van der Waals surface area contributed by atoms with Gasteiger partial charge in [0.05, 0.1) is 0 Å². The van der Waals surface area contributed by atoms with Gasteiger partial charge >= 0.3 is 0 Å². The smallest absolute Gasteiger partial charge is 0.0234 e. The summed E-state index contributed by atoms with van der Waals surface area (Å²) in [6.45, 7) is 8.76. The summed E-state index contributed by atoms with van der Waals surface area (Å²) in [7, 11) is 2.16. The average Bonchev–Trinajstić information content (AvgIpc) is 2.32. The summed E-state index contributed by atoms with van der Waals surface area (Å²) in [5, 5.41) is 3.34. The van der Waals surface area contributed by atoms with E-state index in [-0.39, 0.29) is 0 Å². The van der Waals surface area contributed by atoms with E-state index < -0.39 is 0 Å². The average molecular weight is 297 g/mol. The first kappa shape index (κ1) is 14.4. The van der Waals surface area contributed by atoms with Gasteiger partial charge in [0.2, 0.25) is 0 Å². The summed E-state index contributed by atoms with van der Waals surface area (Å²) in [5.74, 6) is 0. The maximum atomic E-state index is 3.70. The zero-order chi connectivity index (χ0) is 12.7. The van der Waals surface area contributed by atoms with Crippen LogP contribution in [0.3, 0.4) is 0 Å². The van der Waals surface area contributed by atoms with Crippen molar-refractivity contribution in [2.75, 3.05) is 20.1 Å². The molecule has 17 heavy (non-hydrogen) atoms. The van der Waals surface area contributed by atoms with Crippen LogP contribution in [0.15, 0.2) is 41.4 Å². The lowest BCUT2D eigenvalue weighted by molar-refractivity contribution is 0.244. The van der Waals surface area contributed by atoms with Crippen molar-refractivity contribution in [2.24, 2.45) is 0 Å². The van der Waals surface area contributed by atoms with Crippen molar-refractivity contribution in [3.63, 3.8) is 0 Å². The van der Waals surface area contributed by atoms with Crippen molar-refractivity contribution in [3.05, 3.63) is 47.0 Å². The SMILES string of the molecule is C=CCNCC(C)N(C)Cc1ccc(Br)cc1. The van der Waals surface area contributed by atoms with Crippen LogP contribution in [-0.4, -0.2) is 31.1 Å². The molecule has 0 radical (unpaired) electrons. The third-order valence-corrected chi connectivity index (χ3v) is 3.35. The fraction of sp³-hybridized carbons (Fsp3) is 0.429. The Morgan fingerprint density at radius 2 is 2.06 bits per heavy atom. The van der Waals surface area contributed by atoms with E-state index in [0.29, 0.717) is 6.04 Å². The molecule has 0 saturated heterocycles. The van der Waals surface area contributed by atoms with Crippen molar-refractivity contribution in [3.8, 4) is 0 Å². The molecule has 0 heterocycles. The molecular weight excluding hydrogens is 276 g/mol. The van der Waals surface area contributed by atoms with Gasteiger partial charge in [-0.2, -0.15) is 0 Å². The highest BCUT2D eigenvalue weighted by atomic mass is 79.9. The van der Waals surface area contributed by atoms with Crippen LogP contribution in [0.1, 0.15) is 12.5 Å². The van der Waals surface area contributed by atoms with E-state index in [0.717, 1.165) is 24.1 Å². The van der Waals surface area contributed by atoms with Crippen LogP contribution in [0.2, 0.25) is 0 Å². The molecule has 0 aliphatic rings. The summed E-state index contributed by atoms with van der Waals surface area (Å²) < 4.78 is 1.13. The van der Waals surface area contributed by atoms with Gasteiger partial charge < -0.3 is 5.32 Å². The third-order valence-electron chi connectivity index (χ3n) is 2.83. The second-order valence-corrected chi connectivity index (χ2v) is 5.25. The number of hydrogen-bond donors (Lipinski definition) is 1. The zero-order valence-corrected chi connectivity index (χ0v) is 12.2. The Kier molecular flexibility index (Phi) is 6.48. The van der Waals surface area contributed by atoms with Gasteiger partial charge in [0.25, 0.3) is 0 Å². The molecule has 1 rings (SSSR count). The van der Waals surface area contributed by atoms with Gasteiger partial charge in [-0.05, 0) is 31.7 Å². The Labute approximate surface area is 113 Å². The molecule has 1 aromatic carbocycles. The molecule has 1 atom stereocenters. The van der Waals surface area contributed by atoms with E-state index in [1.807, 2.05) is 6.08 Å². The quantitative estimate of drug-likeness (QED) is 0.615. The largest absolute Gasteiger partial charge is 0.312 e. The summed E-state index contributed by atoms with van der Waals surface area (Å²) in [4.78, 5) is 2.35. The lowest BCUT2D eigenvalue weighted by Gasteiger charge is -2.25. The van der Waals surface area contributed by atoms with Crippen LogP contribution >= 0.6 is 15.9 Å². The number of likely N-dealkylation sites (N-methyl/N-ethyl adjacent to an activating group) is 1. The summed E-state index contributed by atoms with van der Waals surface area (Å²) in [6.07, 6.45) is 1.89. The molecule has 1 aromatic rings. The molecule has 1 unspecified atom stereocenters. The highest BCUT2D eigenvalue weighted by molar-refractivity contribution is 9.10. The third kappa shape index (κ3) is 5.48. The monoisotopic (exact) mass is 296 g/mol. The highest BCUT2D eigenvalue weighted by Crippen LogP contribution is 2.12. The molecule has 0 spiro atoms. The maximum absolute atomic E-state index is 3.70. The molecule has 0 aromatic heterocycles. The number of nitrogens with one attached hydrogen (secondary N) is 1. The Bertz CT molecular complexity index is 335. The normalized spacial score (nSPS) is 12.7. The molecule has 1 N–H and O–H groups in total. The van der Waals surface area contributed by atoms with E-state index in [1.54, 1.807) is 0 Å². The molecule has 0 saturated carbocycles. The Morgan fingerprint density at radius 1 is 1.41 bits per heavy atom. The van der Waals surface area contributed by atoms with Gasteiger partial charge in [-0.3, -0.25) is 4.90 Å². The van der Waals surface area contributed by atoms with Crippen molar-refractivity contribution < 1.29 is 0 Å². The number of hydrogen-bond acceptors (Lipinski definition) is 2. The number of benzene rings is 1. The zero-order valence-electron chi connectivity index (χ0n) is 10.6. The fourth-order valence-corrected chi connectivity index (χ4v) is 1.85. The second-order valence-electron chi connectivity index (χ2n) is 4.34. The minimum atomic E-state index is 0.513. The standard InChI is InChI=1S/C14H21BrN2/c1-4-9-16-10-12(2)17(3)11-13-5-7-14(15)8-6-13/h4-8,12,16H,1,9-11H2,2-3H3.